The van der Waals surface area contributed by atoms with Gasteiger partial charge in [0.15, 0.2) is 0 Å². The first-order chi connectivity index (χ1) is 12.0. The van der Waals surface area contributed by atoms with Crippen LogP contribution in [0.25, 0.3) is 0 Å². The smallest absolute Gasteiger partial charge is 0.262 e. The van der Waals surface area contributed by atoms with Crippen LogP contribution >= 0.6 is 11.3 Å². The van der Waals surface area contributed by atoms with Crippen LogP contribution in [0.1, 0.15) is 37.5 Å². The second-order valence-corrected chi connectivity index (χ2v) is 7.15. The summed E-state index contributed by atoms with van der Waals surface area (Å²) in [5.74, 6) is 1.36. The molecule has 0 aliphatic heterocycles. The molecule has 130 valence electrons. The van der Waals surface area contributed by atoms with Crippen molar-refractivity contribution in [2.24, 2.45) is 7.05 Å². The molecular formula is C19H21N3O2S. The molecular weight excluding hydrogens is 334 g/mol. The van der Waals surface area contributed by atoms with Gasteiger partial charge in [-0.3, -0.25) is 4.79 Å². The summed E-state index contributed by atoms with van der Waals surface area (Å²) in [4.78, 5) is 19.1. The maximum absolute atomic E-state index is 12.8. The highest BCUT2D eigenvalue weighted by Gasteiger charge is 2.25. The number of benzene rings is 1. The number of thiophene rings is 1. The number of ether oxygens (including phenoxy) is 1. The van der Waals surface area contributed by atoms with Crippen molar-refractivity contribution in [3.05, 3.63) is 69.4 Å². The fourth-order valence-corrected chi connectivity index (χ4v) is 3.67. The van der Waals surface area contributed by atoms with Crippen LogP contribution in [-0.2, 0) is 7.05 Å². The van der Waals surface area contributed by atoms with Crippen molar-refractivity contribution in [1.82, 2.24) is 14.9 Å². The number of rotatable bonds is 5. The maximum Gasteiger partial charge on any atom is 0.262 e. The van der Waals surface area contributed by atoms with Gasteiger partial charge in [-0.2, -0.15) is 0 Å². The largest absolute Gasteiger partial charge is 0.496 e. The Hall–Kier alpha value is -2.60. The van der Waals surface area contributed by atoms with Gasteiger partial charge in [-0.1, -0.05) is 18.2 Å². The molecule has 0 aliphatic carbocycles. The normalized spacial score (nSPS) is 12.0. The number of carbonyl (C=O) groups excluding carboxylic acids is 1. The van der Waals surface area contributed by atoms with Crippen LogP contribution in [0.15, 0.2) is 42.7 Å². The summed E-state index contributed by atoms with van der Waals surface area (Å²) < 4.78 is 7.39. The first-order valence-corrected chi connectivity index (χ1v) is 8.81. The van der Waals surface area contributed by atoms with Gasteiger partial charge >= 0.3 is 0 Å². The molecule has 1 aromatic carbocycles. The molecule has 5 nitrogen and oxygen atoms in total. The second kappa shape index (κ2) is 7.11. The number of hydrogen-bond acceptors (Lipinski definition) is 4. The Bertz CT molecular complexity index is 878. The van der Waals surface area contributed by atoms with Crippen molar-refractivity contribution < 1.29 is 9.53 Å². The summed E-state index contributed by atoms with van der Waals surface area (Å²) in [6.45, 7) is 4.03. The fourth-order valence-electron chi connectivity index (χ4n) is 2.73. The van der Waals surface area contributed by atoms with E-state index >= 15 is 0 Å². The Morgan fingerprint density at radius 1 is 1.32 bits per heavy atom. The topological polar surface area (TPSA) is 56.1 Å². The van der Waals surface area contributed by atoms with E-state index in [1.165, 1.54) is 11.3 Å². The number of aryl methyl sites for hydroxylation is 3. The number of para-hydroxylation sites is 1. The van der Waals surface area contributed by atoms with Crippen molar-refractivity contribution in [1.29, 1.82) is 0 Å². The van der Waals surface area contributed by atoms with Gasteiger partial charge in [0.2, 0.25) is 0 Å². The minimum atomic E-state index is -0.397. The highest BCUT2D eigenvalue weighted by atomic mass is 32.1. The van der Waals surface area contributed by atoms with E-state index in [4.69, 9.17) is 4.74 Å². The average molecular weight is 355 g/mol. The van der Waals surface area contributed by atoms with Gasteiger partial charge in [-0.05, 0) is 31.5 Å². The summed E-state index contributed by atoms with van der Waals surface area (Å²) in [5.41, 5.74) is 2.00. The molecule has 0 saturated heterocycles. The van der Waals surface area contributed by atoms with Crippen LogP contribution in [0.3, 0.4) is 0 Å². The van der Waals surface area contributed by atoms with E-state index in [0.29, 0.717) is 10.6 Å². The van der Waals surface area contributed by atoms with Gasteiger partial charge in [0, 0.05) is 29.9 Å². The third kappa shape index (κ3) is 3.44. The molecule has 25 heavy (non-hydrogen) atoms. The lowest BCUT2D eigenvalue weighted by molar-refractivity contribution is 0.0945. The number of aromatic nitrogens is 2. The van der Waals surface area contributed by atoms with Crippen molar-refractivity contribution >= 4 is 17.2 Å². The first-order valence-electron chi connectivity index (χ1n) is 7.99. The lowest BCUT2D eigenvalue weighted by Gasteiger charge is -2.21. The molecule has 1 atom stereocenters. The molecule has 2 heterocycles. The average Bonchev–Trinajstić information content (AvgIpc) is 3.18. The summed E-state index contributed by atoms with van der Waals surface area (Å²) in [7, 11) is 3.54. The molecule has 2 aromatic heterocycles. The molecule has 3 aromatic rings. The van der Waals surface area contributed by atoms with Crippen LogP contribution in [0.2, 0.25) is 0 Å². The Balaban J connectivity index is 2.00. The van der Waals surface area contributed by atoms with E-state index in [1.807, 2.05) is 62.0 Å². The predicted octanol–water partition coefficient (Wildman–Crippen LogP) is 3.63. The van der Waals surface area contributed by atoms with Crippen LogP contribution in [-0.4, -0.2) is 22.6 Å². The molecule has 1 N–H and O–H groups in total. The summed E-state index contributed by atoms with van der Waals surface area (Å²) >= 11 is 1.50. The monoisotopic (exact) mass is 355 g/mol. The van der Waals surface area contributed by atoms with Gasteiger partial charge in [-0.15, -0.1) is 11.3 Å². The Morgan fingerprint density at radius 3 is 2.68 bits per heavy atom. The minimum absolute atomic E-state index is 0.111. The lowest BCUT2D eigenvalue weighted by Crippen LogP contribution is -2.30. The Kier molecular flexibility index (Phi) is 4.90. The van der Waals surface area contributed by atoms with Gasteiger partial charge in [-0.25, -0.2) is 4.98 Å². The molecule has 0 saturated carbocycles. The number of imidazole rings is 1. The third-order valence-corrected chi connectivity index (χ3v) is 5.38. The van der Waals surface area contributed by atoms with Crippen LogP contribution in [0.5, 0.6) is 5.75 Å². The van der Waals surface area contributed by atoms with E-state index in [2.05, 4.69) is 10.3 Å². The summed E-state index contributed by atoms with van der Waals surface area (Å²) in [6.07, 6.45) is 3.59. The number of carbonyl (C=O) groups is 1. The quantitative estimate of drug-likeness (QED) is 0.760. The molecule has 0 bridgehead atoms. The SMILES string of the molecule is COc1ccccc1[C@H](NC(=O)c1cc(C)c(C)s1)c1nccn1C. The van der Waals surface area contributed by atoms with Gasteiger partial charge in [0.05, 0.1) is 12.0 Å². The van der Waals surface area contributed by atoms with E-state index in [-0.39, 0.29) is 5.91 Å². The van der Waals surface area contributed by atoms with Crippen LogP contribution in [0.4, 0.5) is 0 Å². The third-order valence-electron chi connectivity index (χ3n) is 4.23. The molecule has 0 spiro atoms. The number of methoxy groups -OCH3 is 1. The van der Waals surface area contributed by atoms with E-state index in [1.54, 1.807) is 13.3 Å². The second-order valence-electron chi connectivity index (χ2n) is 5.89. The number of nitrogens with one attached hydrogen (secondary N) is 1. The molecule has 0 fully saturated rings. The van der Waals surface area contributed by atoms with E-state index in [0.717, 1.165) is 21.8 Å². The zero-order valence-corrected chi connectivity index (χ0v) is 15.6. The zero-order chi connectivity index (χ0) is 18.0. The molecule has 3 rings (SSSR count). The van der Waals surface area contributed by atoms with Crippen molar-refractivity contribution in [2.45, 2.75) is 19.9 Å². The standard InChI is InChI=1S/C19H21N3O2S/c1-12-11-16(25-13(12)2)19(23)21-17(18-20-9-10-22(18)3)14-7-5-6-8-15(14)24-4/h5-11,17H,1-4H3,(H,21,23)/t17-/m0/s1. The predicted molar refractivity (Wildman–Crippen MR) is 99.3 cm³/mol. The summed E-state index contributed by atoms with van der Waals surface area (Å²) in [5, 5.41) is 3.12. The van der Waals surface area contributed by atoms with Gasteiger partial charge in [0.25, 0.3) is 5.91 Å². The Labute approximate surface area is 151 Å². The number of amides is 1. The zero-order valence-electron chi connectivity index (χ0n) is 14.7. The highest BCUT2D eigenvalue weighted by molar-refractivity contribution is 7.14. The van der Waals surface area contributed by atoms with Crippen molar-refractivity contribution in [3.8, 4) is 5.75 Å². The Morgan fingerprint density at radius 2 is 2.08 bits per heavy atom. The minimum Gasteiger partial charge on any atom is -0.496 e. The van der Waals surface area contributed by atoms with Gasteiger partial charge < -0.3 is 14.6 Å². The lowest BCUT2D eigenvalue weighted by atomic mass is 10.0. The van der Waals surface area contributed by atoms with E-state index < -0.39 is 6.04 Å². The van der Waals surface area contributed by atoms with Crippen LogP contribution in [0, 0.1) is 13.8 Å². The maximum atomic E-state index is 12.8. The fraction of sp³-hybridized carbons (Fsp3) is 0.263. The van der Waals surface area contributed by atoms with E-state index in [9.17, 15) is 4.79 Å². The molecule has 0 unspecified atom stereocenters. The molecule has 6 heteroatoms. The van der Waals surface area contributed by atoms with Crippen molar-refractivity contribution in [2.75, 3.05) is 7.11 Å². The van der Waals surface area contributed by atoms with Gasteiger partial charge in [0.1, 0.15) is 17.6 Å². The number of hydrogen-bond donors (Lipinski definition) is 1. The summed E-state index contributed by atoms with van der Waals surface area (Å²) in [6, 6.07) is 9.20. The number of nitrogens with zero attached hydrogens (tertiary/aromatic N) is 2. The molecule has 1 amide bonds. The highest BCUT2D eigenvalue weighted by Crippen LogP contribution is 2.30. The van der Waals surface area contributed by atoms with Crippen LogP contribution < -0.4 is 10.1 Å². The first kappa shape index (κ1) is 17.2. The molecule has 0 radical (unpaired) electrons. The van der Waals surface area contributed by atoms with Crippen molar-refractivity contribution in [3.63, 3.8) is 0 Å². The molecule has 0 aliphatic rings.